The van der Waals surface area contributed by atoms with Gasteiger partial charge < -0.3 is 9.64 Å². The van der Waals surface area contributed by atoms with E-state index >= 15 is 0 Å². The number of carbonyl (C=O) groups excluding carboxylic acids is 2. The number of ketones is 1. The summed E-state index contributed by atoms with van der Waals surface area (Å²) >= 11 is 1.45. The van der Waals surface area contributed by atoms with Gasteiger partial charge in [0.1, 0.15) is 5.75 Å². The van der Waals surface area contributed by atoms with Crippen LogP contribution in [-0.2, 0) is 4.79 Å². The van der Waals surface area contributed by atoms with Gasteiger partial charge in [-0.05, 0) is 31.2 Å². The first-order chi connectivity index (χ1) is 10.1. The highest BCUT2D eigenvalue weighted by atomic mass is 32.1. The second-order valence-corrected chi connectivity index (χ2v) is 6.17. The van der Waals surface area contributed by atoms with Crippen molar-refractivity contribution in [2.45, 2.75) is 13.3 Å². The molecular weight excluding hydrogens is 286 g/mol. The largest absolute Gasteiger partial charge is 0.491 e. The molecule has 1 aliphatic rings. The summed E-state index contributed by atoms with van der Waals surface area (Å²) in [5.74, 6) is 0.526. The third-order valence-corrected chi connectivity index (χ3v) is 4.39. The highest BCUT2D eigenvalue weighted by Crippen LogP contribution is 2.31. The molecule has 1 amide bonds. The van der Waals surface area contributed by atoms with Gasteiger partial charge in [-0.25, -0.2) is 0 Å². The van der Waals surface area contributed by atoms with Crippen LogP contribution >= 0.6 is 11.3 Å². The molecule has 0 aliphatic carbocycles. The van der Waals surface area contributed by atoms with E-state index in [4.69, 9.17) is 4.74 Å². The number of aryl methyl sites for hydroxylation is 1. The molecule has 2 aromatic rings. The van der Waals surface area contributed by atoms with Crippen molar-refractivity contribution in [1.82, 2.24) is 0 Å². The van der Waals surface area contributed by atoms with Crippen molar-refractivity contribution in [3.8, 4) is 5.75 Å². The molecule has 1 aromatic carbocycles. The van der Waals surface area contributed by atoms with Crippen molar-refractivity contribution in [1.29, 1.82) is 0 Å². The van der Waals surface area contributed by atoms with E-state index in [2.05, 4.69) is 0 Å². The Hall–Kier alpha value is -2.14. The fraction of sp³-hybridized carbons (Fsp3) is 0.250. The second kappa shape index (κ2) is 5.69. The van der Waals surface area contributed by atoms with Gasteiger partial charge in [0.05, 0.1) is 30.1 Å². The second-order valence-electron chi connectivity index (χ2n) is 4.88. The fourth-order valence-electron chi connectivity index (χ4n) is 2.30. The quantitative estimate of drug-likeness (QED) is 0.819. The zero-order chi connectivity index (χ0) is 14.8. The third-order valence-electron chi connectivity index (χ3n) is 3.35. The number of carbonyl (C=O) groups is 2. The third kappa shape index (κ3) is 2.83. The highest BCUT2D eigenvalue weighted by molar-refractivity contribution is 7.14. The summed E-state index contributed by atoms with van der Waals surface area (Å²) in [5.41, 5.74) is 0.668. The molecule has 1 aromatic heterocycles. The molecule has 5 heteroatoms. The average molecular weight is 301 g/mol. The number of nitrogens with zero attached hydrogens (tertiary/aromatic N) is 1. The number of thiophene rings is 1. The fourth-order valence-corrected chi connectivity index (χ4v) is 3.10. The summed E-state index contributed by atoms with van der Waals surface area (Å²) < 4.78 is 5.57. The van der Waals surface area contributed by atoms with Gasteiger partial charge in [-0.2, -0.15) is 0 Å². The van der Waals surface area contributed by atoms with Crippen LogP contribution in [0.4, 0.5) is 5.69 Å². The van der Waals surface area contributed by atoms with Crippen LogP contribution in [0.3, 0.4) is 0 Å². The SMILES string of the molecule is Cc1ccc(C(=O)CN2C(=O)CCOc3ccccc32)s1. The number of ether oxygens (including phenoxy) is 1. The molecule has 1 aliphatic heterocycles. The molecule has 0 bridgehead atoms. The molecule has 0 atom stereocenters. The Balaban J connectivity index is 1.89. The summed E-state index contributed by atoms with van der Waals surface area (Å²) in [4.78, 5) is 27.9. The van der Waals surface area contributed by atoms with Crippen LogP contribution in [0.2, 0.25) is 0 Å². The van der Waals surface area contributed by atoms with Gasteiger partial charge in [0.15, 0.2) is 5.78 Å². The Morgan fingerprint density at radius 3 is 2.86 bits per heavy atom. The summed E-state index contributed by atoms with van der Waals surface area (Å²) in [6.45, 7) is 2.36. The molecule has 0 saturated carbocycles. The van der Waals surface area contributed by atoms with E-state index in [1.165, 1.54) is 16.2 Å². The smallest absolute Gasteiger partial charge is 0.230 e. The molecule has 0 saturated heterocycles. The summed E-state index contributed by atoms with van der Waals surface area (Å²) in [6.07, 6.45) is 0.283. The van der Waals surface area contributed by atoms with Crippen LogP contribution in [0, 0.1) is 6.92 Å². The number of para-hydroxylation sites is 2. The van der Waals surface area contributed by atoms with Gasteiger partial charge in [-0.3, -0.25) is 9.59 Å². The maximum Gasteiger partial charge on any atom is 0.230 e. The van der Waals surface area contributed by atoms with Crippen LogP contribution in [0.15, 0.2) is 36.4 Å². The number of rotatable bonds is 3. The zero-order valence-corrected chi connectivity index (χ0v) is 12.5. The molecule has 3 rings (SSSR count). The van der Waals surface area contributed by atoms with Crippen molar-refractivity contribution < 1.29 is 14.3 Å². The number of Topliss-reactive ketones (excluding diaryl/α,β-unsaturated/α-hetero) is 1. The molecule has 4 nitrogen and oxygen atoms in total. The van der Waals surface area contributed by atoms with E-state index in [-0.39, 0.29) is 24.7 Å². The first kappa shape index (κ1) is 13.8. The number of anilines is 1. The van der Waals surface area contributed by atoms with Gasteiger partial charge in [0.2, 0.25) is 5.91 Å². The van der Waals surface area contributed by atoms with E-state index in [0.29, 0.717) is 22.9 Å². The van der Waals surface area contributed by atoms with Crippen LogP contribution in [0.1, 0.15) is 21.0 Å². The van der Waals surface area contributed by atoms with Crippen LogP contribution in [-0.4, -0.2) is 24.8 Å². The molecule has 0 radical (unpaired) electrons. The Kier molecular flexibility index (Phi) is 3.75. The number of fused-ring (bicyclic) bond motifs is 1. The maximum atomic E-state index is 12.4. The molecule has 108 valence electrons. The van der Waals surface area contributed by atoms with E-state index in [9.17, 15) is 9.59 Å². The van der Waals surface area contributed by atoms with Gasteiger partial charge in [0.25, 0.3) is 0 Å². The minimum absolute atomic E-state index is 0.0434. The van der Waals surface area contributed by atoms with E-state index in [1.54, 1.807) is 0 Å². The van der Waals surface area contributed by atoms with Gasteiger partial charge >= 0.3 is 0 Å². The van der Waals surface area contributed by atoms with Crippen molar-refractivity contribution >= 4 is 28.7 Å². The minimum Gasteiger partial charge on any atom is -0.491 e. The lowest BCUT2D eigenvalue weighted by Crippen LogP contribution is -2.35. The predicted octanol–water partition coefficient (Wildman–Crippen LogP) is 3.05. The first-order valence-electron chi connectivity index (χ1n) is 6.77. The monoisotopic (exact) mass is 301 g/mol. The Bertz CT molecular complexity index is 692. The highest BCUT2D eigenvalue weighted by Gasteiger charge is 2.25. The van der Waals surface area contributed by atoms with Crippen molar-refractivity contribution in [3.05, 3.63) is 46.2 Å². The van der Waals surface area contributed by atoms with Crippen LogP contribution in [0.25, 0.3) is 0 Å². The van der Waals surface area contributed by atoms with Gasteiger partial charge in [-0.15, -0.1) is 11.3 Å². The maximum absolute atomic E-state index is 12.4. The normalized spacial score (nSPS) is 14.3. The summed E-state index contributed by atoms with van der Waals surface area (Å²) in [6, 6.07) is 11.1. The number of amides is 1. The molecule has 0 N–H and O–H groups in total. The van der Waals surface area contributed by atoms with Gasteiger partial charge in [0, 0.05) is 4.88 Å². The lowest BCUT2D eigenvalue weighted by molar-refractivity contribution is -0.118. The lowest BCUT2D eigenvalue weighted by Gasteiger charge is -2.20. The molecule has 0 spiro atoms. The Morgan fingerprint density at radius 2 is 2.10 bits per heavy atom. The molecular formula is C16H15NO3S. The van der Waals surface area contributed by atoms with Crippen LogP contribution < -0.4 is 9.64 Å². The predicted molar refractivity (Wildman–Crippen MR) is 82.3 cm³/mol. The Morgan fingerprint density at radius 1 is 1.29 bits per heavy atom. The number of benzene rings is 1. The Labute approximate surface area is 127 Å². The topological polar surface area (TPSA) is 46.6 Å². The van der Waals surface area contributed by atoms with Gasteiger partial charge in [-0.1, -0.05) is 12.1 Å². The molecule has 0 unspecified atom stereocenters. The van der Waals surface area contributed by atoms with E-state index in [0.717, 1.165) is 4.88 Å². The first-order valence-corrected chi connectivity index (χ1v) is 7.58. The number of hydrogen-bond donors (Lipinski definition) is 0. The lowest BCUT2D eigenvalue weighted by atomic mass is 10.2. The molecule has 2 heterocycles. The standard InChI is InChI=1S/C16H15NO3S/c1-11-6-7-15(21-11)13(18)10-17-12-4-2-3-5-14(12)20-9-8-16(17)19/h2-7H,8-10H2,1H3. The van der Waals surface area contributed by atoms with E-state index < -0.39 is 0 Å². The van der Waals surface area contributed by atoms with Crippen molar-refractivity contribution in [2.75, 3.05) is 18.1 Å². The molecule has 0 fully saturated rings. The molecule has 21 heavy (non-hydrogen) atoms. The van der Waals surface area contributed by atoms with Crippen molar-refractivity contribution in [2.24, 2.45) is 0 Å². The van der Waals surface area contributed by atoms with Crippen molar-refractivity contribution in [3.63, 3.8) is 0 Å². The number of hydrogen-bond acceptors (Lipinski definition) is 4. The summed E-state index contributed by atoms with van der Waals surface area (Å²) in [5, 5.41) is 0. The zero-order valence-electron chi connectivity index (χ0n) is 11.7. The minimum atomic E-state index is -0.0819. The summed E-state index contributed by atoms with van der Waals surface area (Å²) in [7, 11) is 0. The van der Waals surface area contributed by atoms with Crippen LogP contribution in [0.5, 0.6) is 5.75 Å². The average Bonchev–Trinajstić information content (AvgIpc) is 2.85. The van der Waals surface area contributed by atoms with E-state index in [1.807, 2.05) is 43.3 Å².